The number of amides is 1. The van der Waals surface area contributed by atoms with Crippen LogP contribution >= 0.6 is 0 Å². The molecule has 1 amide bonds. The Balaban J connectivity index is 1.49. The van der Waals surface area contributed by atoms with Gasteiger partial charge in [-0.15, -0.1) is 0 Å². The number of carbonyl (C=O) groups excluding carboxylic acids is 1. The number of halogens is 1. The van der Waals surface area contributed by atoms with E-state index in [9.17, 15) is 27.7 Å². The zero-order valence-corrected chi connectivity index (χ0v) is 26.6. The number of nitrogens with one attached hydrogen (secondary N) is 1. The Morgan fingerprint density at radius 1 is 1.23 bits per heavy atom. The molecule has 13 heteroatoms. The lowest BCUT2D eigenvalue weighted by Crippen LogP contribution is -2.41. The molecule has 1 N–H and O–H groups in total. The minimum atomic E-state index is -3.93. The van der Waals surface area contributed by atoms with Crippen molar-refractivity contribution in [3.05, 3.63) is 69.5 Å². The highest BCUT2D eigenvalue weighted by Crippen LogP contribution is 2.27. The topological polar surface area (TPSA) is 138 Å². The summed E-state index contributed by atoms with van der Waals surface area (Å²) in [6.45, 7) is 9.08. The summed E-state index contributed by atoms with van der Waals surface area (Å²) >= 11 is 0. The van der Waals surface area contributed by atoms with Crippen molar-refractivity contribution in [3.63, 3.8) is 0 Å². The molecule has 3 aromatic rings. The molecule has 1 saturated heterocycles. The summed E-state index contributed by atoms with van der Waals surface area (Å²) in [5.41, 5.74) is 0.169. The summed E-state index contributed by atoms with van der Waals surface area (Å²) in [5, 5.41) is 10.2. The second-order valence-electron chi connectivity index (χ2n) is 12.1. The summed E-state index contributed by atoms with van der Waals surface area (Å²) in [4.78, 5) is 31.9. The first kappa shape index (κ1) is 32.9. The molecule has 0 atom stereocenters. The van der Waals surface area contributed by atoms with Crippen molar-refractivity contribution in [1.29, 1.82) is 5.26 Å². The number of benzene rings is 2. The van der Waals surface area contributed by atoms with Crippen LogP contribution in [0.2, 0.25) is 0 Å². The first-order valence-corrected chi connectivity index (χ1v) is 16.1. The van der Waals surface area contributed by atoms with Crippen molar-refractivity contribution in [3.8, 4) is 6.07 Å². The Morgan fingerprint density at radius 3 is 2.57 bits per heavy atom. The average Bonchev–Trinajstić information content (AvgIpc) is 2.97. The first-order chi connectivity index (χ1) is 20.7. The van der Waals surface area contributed by atoms with Gasteiger partial charge in [0.05, 0.1) is 28.5 Å². The van der Waals surface area contributed by atoms with Gasteiger partial charge in [0.25, 0.3) is 5.56 Å². The molecule has 2 aromatic carbocycles. The summed E-state index contributed by atoms with van der Waals surface area (Å²) in [6, 6.07) is 9.31. The van der Waals surface area contributed by atoms with Crippen LogP contribution in [0.5, 0.6) is 0 Å². The number of ether oxygens (including phenoxy) is 1. The van der Waals surface area contributed by atoms with Crippen LogP contribution in [-0.2, 0) is 27.9 Å². The number of aryl methyl sites for hydroxylation is 1. The van der Waals surface area contributed by atoms with E-state index in [-0.39, 0.29) is 41.4 Å². The van der Waals surface area contributed by atoms with E-state index in [4.69, 9.17) is 4.74 Å². The van der Waals surface area contributed by atoms with Crippen molar-refractivity contribution in [1.82, 2.24) is 18.8 Å². The smallest absolute Gasteiger partial charge is 0.410 e. The summed E-state index contributed by atoms with van der Waals surface area (Å²) in [5.74, 6) is -0.313. The third-order valence-electron chi connectivity index (χ3n) is 7.78. The number of piperidine rings is 1. The average molecular weight is 627 g/mol. The molecule has 0 unspecified atom stereocenters. The molecule has 0 saturated carbocycles. The third-order valence-corrected chi connectivity index (χ3v) is 9.33. The van der Waals surface area contributed by atoms with Crippen molar-refractivity contribution in [2.45, 2.75) is 65.5 Å². The van der Waals surface area contributed by atoms with Crippen LogP contribution in [0.1, 0.15) is 63.6 Å². The van der Waals surface area contributed by atoms with Gasteiger partial charge in [-0.3, -0.25) is 14.1 Å². The third kappa shape index (κ3) is 7.73. The number of nitrogens with zero attached hydrogens (tertiary/aromatic N) is 5. The quantitative estimate of drug-likeness (QED) is 0.365. The monoisotopic (exact) mass is 626 g/mol. The number of likely N-dealkylation sites (tertiary alicyclic amines) is 1. The maximum absolute atomic E-state index is 15.0. The molecule has 1 aliphatic rings. The molecule has 0 radical (unpaired) electrons. The fourth-order valence-electron chi connectivity index (χ4n) is 5.13. The van der Waals surface area contributed by atoms with Gasteiger partial charge in [-0.05, 0) is 75.8 Å². The first-order valence-electron chi connectivity index (χ1n) is 14.6. The summed E-state index contributed by atoms with van der Waals surface area (Å²) in [7, 11) is -2.54. The Kier molecular flexibility index (Phi) is 9.95. The van der Waals surface area contributed by atoms with Crippen LogP contribution in [0, 0.1) is 23.1 Å². The van der Waals surface area contributed by atoms with Gasteiger partial charge in [-0.2, -0.15) is 18.0 Å². The number of anilines is 1. The molecule has 0 bridgehead atoms. The molecule has 4 rings (SSSR count). The highest BCUT2D eigenvalue weighted by atomic mass is 32.2. The molecule has 44 heavy (non-hydrogen) atoms. The summed E-state index contributed by atoms with van der Waals surface area (Å²) in [6.07, 6.45) is 3.57. The zero-order chi connectivity index (χ0) is 32.2. The molecule has 0 spiro atoms. The largest absolute Gasteiger partial charge is 0.444 e. The van der Waals surface area contributed by atoms with E-state index in [0.717, 1.165) is 29.6 Å². The minimum absolute atomic E-state index is 0.0214. The second-order valence-corrected chi connectivity index (χ2v) is 13.8. The molecule has 1 aromatic heterocycles. The predicted octanol–water partition coefficient (Wildman–Crippen LogP) is 4.64. The van der Waals surface area contributed by atoms with E-state index in [0.29, 0.717) is 42.0 Å². The van der Waals surface area contributed by atoms with Gasteiger partial charge in [0.1, 0.15) is 17.5 Å². The van der Waals surface area contributed by atoms with Crippen LogP contribution in [-0.4, -0.2) is 65.6 Å². The Bertz CT molecular complexity index is 1740. The lowest BCUT2D eigenvalue weighted by Gasteiger charge is -2.33. The van der Waals surface area contributed by atoms with E-state index in [1.54, 1.807) is 34.6 Å². The zero-order valence-electron chi connectivity index (χ0n) is 25.8. The number of fused-ring (bicyclic) bond motifs is 1. The second kappa shape index (κ2) is 13.3. The Hall–Kier alpha value is -4.02. The number of carbonyl (C=O) groups is 1. The van der Waals surface area contributed by atoms with Crippen LogP contribution in [0.3, 0.4) is 0 Å². The van der Waals surface area contributed by atoms with Gasteiger partial charge in [0.2, 0.25) is 0 Å². The number of nitriles is 1. The van der Waals surface area contributed by atoms with Crippen molar-refractivity contribution < 1.29 is 22.3 Å². The van der Waals surface area contributed by atoms with Crippen LogP contribution in [0.15, 0.2) is 41.5 Å². The lowest BCUT2D eigenvalue weighted by molar-refractivity contribution is 0.0179. The standard InChI is InChI=1S/C31H39FN6O5S/c1-6-36(5)44(41,42)35-28-10-8-26(32)23(25(28)19-33)17-22-7-9-27-24(18-22)29(39)38(20-34-27)16-13-21-11-14-37(15-12-21)30(40)43-31(2,3)4/h7-10,18,20-21,35H,6,11-17H2,1-5H3. The van der Waals surface area contributed by atoms with Crippen LogP contribution in [0.25, 0.3) is 10.9 Å². The molecule has 236 valence electrons. The molecule has 1 fully saturated rings. The number of hydrogen-bond donors (Lipinski definition) is 1. The van der Waals surface area contributed by atoms with Crippen LogP contribution in [0.4, 0.5) is 14.9 Å². The van der Waals surface area contributed by atoms with Gasteiger partial charge < -0.3 is 9.64 Å². The fourth-order valence-corrected chi connectivity index (χ4v) is 6.07. The maximum Gasteiger partial charge on any atom is 0.410 e. The number of rotatable bonds is 9. The number of aromatic nitrogens is 2. The van der Waals surface area contributed by atoms with E-state index in [1.807, 2.05) is 26.8 Å². The molecule has 2 heterocycles. The molecular formula is C31H39FN6O5S. The summed E-state index contributed by atoms with van der Waals surface area (Å²) < 4.78 is 50.6. The van der Waals surface area contributed by atoms with Gasteiger partial charge in [0, 0.05) is 45.2 Å². The van der Waals surface area contributed by atoms with Crippen molar-refractivity contribution in [2.24, 2.45) is 5.92 Å². The fraction of sp³-hybridized carbons (Fsp3) is 0.484. The van der Waals surface area contributed by atoms with Crippen molar-refractivity contribution in [2.75, 3.05) is 31.4 Å². The van der Waals surface area contributed by atoms with Gasteiger partial charge in [0.15, 0.2) is 0 Å². The van der Waals surface area contributed by atoms with E-state index >= 15 is 0 Å². The van der Waals surface area contributed by atoms with Gasteiger partial charge in [-0.25, -0.2) is 14.2 Å². The predicted molar refractivity (Wildman–Crippen MR) is 166 cm³/mol. The van der Waals surface area contributed by atoms with Crippen molar-refractivity contribution >= 4 is 32.9 Å². The lowest BCUT2D eigenvalue weighted by atomic mass is 9.93. The number of hydrogen-bond acceptors (Lipinski definition) is 7. The molecule has 0 aliphatic carbocycles. The van der Waals surface area contributed by atoms with Crippen LogP contribution < -0.4 is 10.3 Å². The maximum atomic E-state index is 15.0. The normalized spacial score (nSPS) is 14.5. The van der Waals surface area contributed by atoms with E-state index in [2.05, 4.69) is 9.71 Å². The van der Waals surface area contributed by atoms with E-state index < -0.39 is 21.6 Å². The Morgan fingerprint density at radius 2 is 1.93 bits per heavy atom. The highest BCUT2D eigenvalue weighted by Gasteiger charge is 2.27. The molecule has 1 aliphatic heterocycles. The molecular weight excluding hydrogens is 587 g/mol. The van der Waals surface area contributed by atoms with E-state index in [1.165, 1.54) is 19.4 Å². The highest BCUT2D eigenvalue weighted by molar-refractivity contribution is 7.90. The minimum Gasteiger partial charge on any atom is -0.444 e. The molecule has 11 nitrogen and oxygen atoms in total. The van der Waals surface area contributed by atoms with Gasteiger partial charge in [-0.1, -0.05) is 13.0 Å². The van der Waals surface area contributed by atoms with Gasteiger partial charge >= 0.3 is 16.3 Å². The SMILES string of the molecule is CCN(C)S(=O)(=O)Nc1ccc(F)c(Cc2ccc3ncn(CCC4CCN(C(=O)OC(C)(C)C)CC4)c(=O)c3c2)c1C#N. The Labute approximate surface area is 257 Å².